The molecule has 3 N–H and O–H groups in total. The first-order chi connectivity index (χ1) is 9.13. The molecule has 0 saturated carbocycles. The third-order valence-electron chi connectivity index (χ3n) is 2.52. The summed E-state index contributed by atoms with van der Waals surface area (Å²) in [7, 11) is 0. The molecule has 7 heteroatoms. The summed E-state index contributed by atoms with van der Waals surface area (Å²) < 4.78 is 26.0. The van der Waals surface area contributed by atoms with Crippen LogP contribution in [0, 0.1) is 11.6 Å². The zero-order valence-electron chi connectivity index (χ0n) is 9.52. The number of hydrogen-bond donors (Lipinski definition) is 2. The summed E-state index contributed by atoms with van der Waals surface area (Å²) in [6.45, 7) is 0. The Morgan fingerprint density at radius 2 is 1.95 bits per heavy atom. The van der Waals surface area contributed by atoms with E-state index in [1.165, 1.54) is 17.4 Å². The fourth-order valence-electron chi connectivity index (χ4n) is 1.68. The number of hydrogen-bond acceptors (Lipinski definition) is 5. The lowest BCUT2D eigenvalue weighted by Gasteiger charge is -2.07. The highest BCUT2D eigenvalue weighted by Crippen LogP contribution is 2.28. The van der Waals surface area contributed by atoms with Gasteiger partial charge in [-0.05, 0) is 23.6 Å². The first kappa shape index (κ1) is 11.8. The highest BCUT2D eigenvalue weighted by Gasteiger charge is 2.09. The molecule has 0 aliphatic carbocycles. The number of fused-ring (bicyclic) bond motifs is 1. The quantitative estimate of drug-likeness (QED) is 0.755. The van der Waals surface area contributed by atoms with Crippen LogP contribution in [0.3, 0.4) is 0 Å². The topological polar surface area (TPSA) is 63.8 Å². The second-order valence-corrected chi connectivity index (χ2v) is 4.72. The van der Waals surface area contributed by atoms with Gasteiger partial charge >= 0.3 is 0 Å². The van der Waals surface area contributed by atoms with Crippen molar-refractivity contribution in [1.29, 1.82) is 0 Å². The molecule has 4 nitrogen and oxygen atoms in total. The van der Waals surface area contributed by atoms with Crippen LogP contribution in [0.1, 0.15) is 0 Å². The monoisotopic (exact) mass is 278 g/mol. The zero-order valence-corrected chi connectivity index (χ0v) is 10.3. The molecule has 0 spiro atoms. The van der Waals surface area contributed by atoms with E-state index in [4.69, 9.17) is 5.73 Å². The highest BCUT2D eigenvalue weighted by molar-refractivity contribution is 7.16. The predicted molar refractivity (Wildman–Crippen MR) is 71.5 cm³/mol. The fraction of sp³-hybridized carbons (Fsp3) is 0. The fourth-order valence-corrected chi connectivity index (χ4v) is 2.45. The van der Waals surface area contributed by atoms with Gasteiger partial charge < -0.3 is 11.1 Å². The maximum atomic E-state index is 13.1. The van der Waals surface area contributed by atoms with Crippen molar-refractivity contribution in [3.05, 3.63) is 41.3 Å². The molecule has 2 heterocycles. The van der Waals surface area contributed by atoms with Crippen LogP contribution in [-0.4, -0.2) is 9.97 Å². The van der Waals surface area contributed by atoms with Gasteiger partial charge in [-0.25, -0.2) is 13.8 Å². The van der Waals surface area contributed by atoms with Gasteiger partial charge in [-0.3, -0.25) is 0 Å². The molecule has 0 unspecified atom stereocenters. The molecule has 0 aliphatic heterocycles. The van der Waals surface area contributed by atoms with Gasteiger partial charge in [0.1, 0.15) is 10.6 Å². The van der Waals surface area contributed by atoms with E-state index in [1.54, 1.807) is 0 Å². The molecule has 96 valence electrons. The van der Waals surface area contributed by atoms with Crippen LogP contribution in [0.15, 0.2) is 29.6 Å². The van der Waals surface area contributed by atoms with Crippen molar-refractivity contribution < 1.29 is 8.78 Å². The van der Waals surface area contributed by atoms with Gasteiger partial charge in [-0.1, -0.05) is 0 Å². The lowest BCUT2D eigenvalue weighted by atomic mass is 10.3. The third-order valence-corrected chi connectivity index (χ3v) is 3.33. The summed E-state index contributed by atoms with van der Waals surface area (Å²) in [5.74, 6) is -1.23. The number of halogens is 2. The lowest BCUT2D eigenvalue weighted by Crippen LogP contribution is -2.00. The standard InChI is InChI=1S/C12H8F2N4S/c13-8-2-1-6(5-9(8)14)16-10-7-3-4-19-11(7)18-12(15)17-10/h1-5H,(H3,15,16,17,18). The summed E-state index contributed by atoms with van der Waals surface area (Å²) >= 11 is 1.43. The maximum absolute atomic E-state index is 13.1. The molecular formula is C12H8F2N4S. The number of nitrogen functional groups attached to an aromatic ring is 1. The highest BCUT2D eigenvalue weighted by atomic mass is 32.1. The summed E-state index contributed by atoms with van der Waals surface area (Å²) in [4.78, 5) is 8.88. The number of thiophene rings is 1. The van der Waals surface area contributed by atoms with E-state index in [0.29, 0.717) is 11.5 Å². The van der Waals surface area contributed by atoms with Crippen molar-refractivity contribution in [3.63, 3.8) is 0 Å². The van der Waals surface area contributed by atoms with Crippen molar-refractivity contribution in [2.75, 3.05) is 11.1 Å². The van der Waals surface area contributed by atoms with Crippen LogP contribution in [-0.2, 0) is 0 Å². The molecule has 3 rings (SSSR count). The lowest BCUT2D eigenvalue weighted by molar-refractivity contribution is 0.509. The van der Waals surface area contributed by atoms with Crippen LogP contribution >= 0.6 is 11.3 Å². The van der Waals surface area contributed by atoms with Gasteiger partial charge in [0.05, 0.1) is 5.39 Å². The molecule has 0 aliphatic rings. The van der Waals surface area contributed by atoms with Crippen LogP contribution in [0.2, 0.25) is 0 Å². The van der Waals surface area contributed by atoms with Gasteiger partial charge in [-0.2, -0.15) is 4.98 Å². The van der Waals surface area contributed by atoms with E-state index in [1.807, 2.05) is 11.4 Å². The number of anilines is 3. The Labute approximate surface area is 110 Å². The molecular weight excluding hydrogens is 270 g/mol. The smallest absolute Gasteiger partial charge is 0.223 e. The second kappa shape index (κ2) is 4.43. The maximum Gasteiger partial charge on any atom is 0.223 e. The van der Waals surface area contributed by atoms with Crippen LogP contribution < -0.4 is 11.1 Å². The minimum atomic E-state index is -0.923. The van der Waals surface area contributed by atoms with E-state index in [2.05, 4.69) is 15.3 Å². The number of nitrogens with zero attached hydrogens (tertiary/aromatic N) is 2. The molecule has 1 aromatic carbocycles. The molecule has 0 saturated heterocycles. The van der Waals surface area contributed by atoms with Crippen LogP contribution in [0.4, 0.5) is 26.2 Å². The number of benzene rings is 1. The normalized spacial score (nSPS) is 10.8. The summed E-state index contributed by atoms with van der Waals surface area (Å²) in [5.41, 5.74) is 5.99. The Bertz CT molecular complexity index is 757. The summed E-state index contributed by atoms with van der Waals surface area (Å²) in [5, 5.41) is 5.55. The Balaban J connectivity index is 2.04. The minimum Gasteiger partial charge on any atom is -0.368 e. The Morgan fingerprint density at radius 3 is 2.74 bits per heavy atom. The van der Waals surface area contributed by atoms with Gasteiger partial charge in [-0.15, -0.1) is 11.3 Å². The Hall–Kier alpha value is -2.28. The summed E-state index contributed by atoms with van der Waals surface area (Å²) in [6.07, 6.45) is 0. The van der Waals surface area contributed by atoms with Gasteiger partial charge in [0.25, 0.3) is 0 Å². The van der Waals surface area contributed by atoms with Crippen LogP contribution in [0.25, 0.3) is 10.2 Å². The summed E-state index contributed by atoms with van der Waals surface area (Å²) in [6, 6.07) is 5.37. The first-order valence-corrected chi connectivity index (χ1v) is 6.24. The van der Waals surface area contributed by atoms with E-state index in [-0.39, 0.29) is 5.95 Å². The SMILES string of the molecule is Nc1nc(Nc2ccc(F)c(F)c2)c2ccsc2n1. The first-order valence-electron chi connectivity index (χ1n) is 5.36. The molecule has 0 amide bonds. The molecule has 19 heavy (non-hydrogen) atoms. The number of nitrogens with one attached hydrogen (secondary N) is 1. The van der Waals surface area contributed by atoms with Gasteiger partial charge in [0.15, 0.2) is 11.6 Å². The van der Waals surface area contributed by atoms with Crippen molar-refractivity contribution in [2.45, 2.75) is 0 Å². The van der Waals surface area contributed by atoms with Gasteiger partial charge in [0.2, 0.25) is 5.95 Å². The molecule has 0 bridgehead atoms. The van der Waals surface area contributed by atoms with E-state index in [9.17, 15) is 8.78 Å². The number of nitrogens with two attached hydrogens (primary N) is 1. The average Bonchev–Trinajstić information content (AvgIpc) is 2.82. The van der Waals surface area contributed by atoms with E-state index < -0.39 is 11.6 Å². The van der Waals surface area contributed by atoms with Crippen molar-refractivity contribution in [3.8, 4) is 0 Å². The molecule has 0 radical (unpaired) electrons. The average molecular weight is 278 g/mol. The van der Waals surface area contributed by atoms with Crippen molar-refractivity contribution in [1.82, 2.24) is 9.97 Å². The van der Waals surface area contributed by atoms with Crippen molar-refractivity contribution in [2.24, 2.45) is 0 Å². The second-order valence-electron chi connectivity index (χ2n) is 3.82. The van der Waals surface area contributed by atoms with Crippen molar-refractivity contribution >= 4 is 39.0 Å². The molecule has 3 aromatic rings. The largest absolute Gasteiger partial charge is 0.368 e. The molecule has 0 fully saturated rings. The number of rotatable bonds is 2. The third kappa shape index (κ3) is 2.19. The van der Waals surface area contributed by atoms with Gasteiger partial charge in [0, 0.05) is 11.8 Å². The molecule has 2 aromatic heterocycles. The Morgan fingerprint density at radius 1 is 1.11 bits per heavy atom. The van der Waals surface area contributed by atoms with E-state index in [0.717, 1.165) is 22.3 Å². The van der Waals surface area contributed by atoms with E-state index >= 15 is 0 Å². The zero-order chi connectivity index (χ0) is 13.4. The van der Waals surface area contributed by atoms with Crippen LogP contribution in [0.5, 0.6) is 0 Å². The minimum absolute atomic E-state index is 0.125. The molecule has 0 atom stereocenters. The Kier molecular flexibility index (Phi) is 2.75. The number of aromatic nitrogens is 2. The predicted octanol–water partition coefficient (Wildman–Crippen LogP) is 3.30.